The van der Waals surface area contributed by atoms with E-state index in [4.69, 9.17) is 16.3 Å². The number of rotatable bonds is 5. The fraction of sp³-hybridized carbons (Fsp3) is 0.667. The fourth-order valence-corrected chi connectivity index (χ4v) is 3.24. The van der Waals surface area contributed by atoms with Crippen LogP contribution in [0.4, 0.5) is 0 Å². The van der Waals surface area contributed by atoms with Crippen molar-refractivity contribution in [2.24, 2.45) is 5.92 Å². The van der Waals surface area contributed by atoms with Gasteiger partial charge in [-0.3, -0.25) is 0 Å². The molecule has 0 bridgehead atoms. The highest BCUT2D eigenvalue weighted by Gasteiger charge is 2.33. The average Bonchev–Trinajstić information content (AvgIpc) is 2.46. The van der Waals surface area contributed by atoms with Crippen LogP contribution < -0.4 is 5.32 Å². The molecule has 1 heterocycles. The molecule has 0 aliphatic carbocycles. The van der Waals surface area contributed by atoms with Gasteiger partial charge in [0.2, 0.25) is 0 Å². The van der Waals surface area contributed by atoms with Gasteiger partial charge in [-0.25, -0.2) is 0 Å². The summed E-state index contributed by atoms with van der Waals surface area (Å²) in [5.41, 5.74) is 1.34. The van der Waals surface area contributed by atoms with Crippen molar-refractivity contribution < 1.29 is 4.74 Å². The maximum Gasteiger partial charge on any atom is 0.0666 e. The maximum atomic E-state index is 6.01. The third-order valence-corrected chi connectivity index (χ3v) is 4.91. The van der Waals surface area contributed by atoms with Gasteiger partial charge in [-0.05, 0) is 49.8 Å². The maximum absolute atomic E-state index is 6.01. The Hall–Kier alpha value is -0.570. The van der Waals surface area contributed by atoms with Crippen LogP contribution in [0.15, 0.2) is 24.3 Å². The van der Waals surface area contributed by atoms with Crippen molar-refractivity contribution in [1.29, 1.82) is 0 Å². The van der Waals surface area contributed by atoms with Gasteiger partial charge in [-0.2, -0.15) is 0 Å². The third kappa shape index (κ3) is 4.45. The van der Waals surface area contributed by atoms with Crippen molar-refractivity contribution in [3.63, 3.8) is 0 Å². The van der Waals surface area contributed by atoms with Crippen LogP contribution in [-0.4, -0.2) is 18.2 Å². The predicted octanol–water partition coefficient (Wildman–Crippen LogP) is 4.97. The number of hydrogen-bond acceptors (Lipinski definition) is 2. The van der Waals surface area contributed by atoms with Gasteiger partial charge in [0.1, 0.15) is 0 Å². The molecule has 1 aliphatic rings. The van der Waals surface area contributed by atoms with Crippen molar-refractivity contribution in [1.82, 2.24) is 5.32 Å². The van der Waals surface area contributed by atoms with Gasteiger partial charge < -0.3 is 10.1 Å². The molecule has 2 rings (SSSR count). The first-order chi connectivity index (χ1) is 9.93. The summed E-state index contributed by atoms with van der Waals surface area (Å²) >= 11 is 6.01. The second-order valence-electron chi connectivity index (χ2n) is 6.78. The summed E-state index contributed by atoms with van der Waals surface area (Å²) in [4.78, 5) is 0. The van der Waals surface area contributed by atoms with E-state index in [1.165, 1.54) is 5.56 Å². The van der Waals surface area contributed by atoms with Gasteiger partial charge in [0, 0.05) is 23.7 Å². The molecule has 1 aromatic carbocycles. The van der Waals surface area contributed by atoms with Crippen molar-refractivity contribution >= 4 is 11.6 Å². The molecule has 0 aromatic heterocycles. The highest BCUT2D eigenvalue weighted by Crippen LogP contribution is 2.31. The van der Waals surface area contributed by atoms with Crippen LogP contribution in [-0.2, 0) is 4.74 Å². The second-order valence-corrected chi connectivity index (χ2v) is 7.22. The van der Waals surface area contributed by atoms with E-state index >= 15 is 0 Å². The molecule has 3 heteroatoms. The second kappa shape index (κ2) is 7.13. The van der Waals surface area contributed by atoms with Gasteiger partial charge in [-0.1, -0.05) is 44.5 Å². The standard InChI is InChI=1S/C18H28ClNO/c1-5-18(4)12-16(10-11-21-18)20-17(13(2)3)14-6-8-15(19)9-7-14/h6-9,13,16-17,20H,5,10-12H2,1-4H3. The van der Waals surface area contributed by atoms with Crippen LogP contribution >= 0.6 is 11.6 Å². The molecule has 0 spiro atoms. The highest BCUT2D eigenvalue weighted by atomic mass is 35.5. The lowest BCUT2D eigenvalue weighted by atomic mass is 9.87. The van der Waals surface area contributed by atoms with E-state index in [0.29, 0.717) is 18.0 Å². The molecule has 2 nitrogen and oxygen atoms in total. The predicted molar refractivity (Wildman–Crippen MR) is 89.8 cm³/mol. The van der Waals surface area contributed by atoms with E-state index in [1.807, 2.05) is 12.1 Å². The first-order valence-electron chi connectivity index (χ1n) is 8.09. The number of benzene rings is 1. The molecule has 0 radical (unpaired) electrons. The normalized spacial score (nSPS) is 27.8. The first-order valence-corrected chi connectivity index (χ1v) is 8.47. The molecular weight excluding hydrogens is 282 g/mol. The quantitative estimate of drug-likeness (QED) is 0.828. The summed E-state index contributed by atoms with van der Waals surface area (Å²) in [6.07, 6.45) is 3.24. The minimum Gasteiger partial charge on any atom is -0.375 e. The van der Waals surface area contributed by atoms with Gasteiger partial charge in [0.15, 0.2) is 0 Å². The summed E-state index contributed by atoms with van der Waals surface area (Å²) in [5.74, 6) is 0.543. The van der Waals surface area contributed by atoms with E-state index in [0.717, 1.165) is 30.9 Å². The number of hydrogen-bond donors (Lipinski definition) is 1. The highest BCUT2D eigenvalue weighted by molar-refractivity contribution is 6.30. The van der Waals surface area contributed by atoms with Gasteiger partial charge in [-0.15, -0.1) is 0 Å². The molecular formula is C18H28ClNO. The fourth-order valence-electron chi connectivity index (χ4n) is 3.12. The Balaban J connectivity index is 2.08. The number of halogens is 1. The van der Waals surface area contributed by atoms with Crippen molar-refractivity contribution in [3.8, 4) is 0 Å². The van der Waals surface area contributed by atoms with Crippen LogP contribution in [0.3, 0.4) is 0 Å². The minimum atomic E-state index is 0.0252. The molecule has 3 unspecified atom stereocenters. The molecule has 1 N–H and O–H groups in total. The lowest BCUT2D eigenvalue weighted by Gasteiger charge is -2.40. The Kier molecular flexibility index (Phi) is 5.70. The van der Waals surface area contributed by atoms with Crippen molar-refractivity contribution in [2.75, 3.05) is 6.61 Å². The van der Waals surface area contributed by atoms with Crippen molar-refractivity contribution in [3.05, 3.63) is 34.9 Å². The zero-order valence-electron chi connectivity index (χ0n) is 13.7. The Morgan fingerprint density at radius 2 is 2.00 bits per heavy atom. The van der Waals surface area contributed by atoms with Crippen LogP contribution in [0.5, 0.6) is 0 Å². The molecule has 1 aliphatic heterocycles. The van der Waals surface area contributed by atoms with Gasteiger partial charge in [0.25, 0.3) is 0 Å². The average molecular weight is 310 g/mol. The lowest BCUT2D eigenvalue weighted by molar-refractivity contribution is -0.0797. The Morgan fingerprint density at radius 3 is 2.57 bits per heavy atom. The number of ether oxygens (including phenoxy) is 1. The molecule has 1 saturated heterocycles. The van der Waals surface area contributed by atoms with Gasteiger partial charge >= 0.3 is 0 Å². The molecule has 118 valence electrons. The third-order valence-electron chi connectivity index (χ3n) is 4.65. The SMILES string of the molecule is CCC1(C)CC(NC(c2ccc(Cl)cc2)C(C)C)CCO1. The summed E-state index contributed by atoms with van der Waals surface area (Å²) in [7, 11) is 0. The van der Waals surface area contributed by atoms with E-state index in [1.54, 1.807) is 0 Å². The summed E-state index contributed by atoms with van der Waals surface area (Å²) in [6.45, 7) is 9.83. The molecule has 1 aromatic rings. The van der Waals surface area contributed by atoms with Crippen molar-refractivity contribution in [2.45, 2.75) is 64.6 Å². The molecule has 1 fully saturated rings. The van der Waals surface area contributed by atoms with E-state index in [9.17, 15) is 0 Å². The summed E-state index contributed by atoms with van der Waals surface area (Å²) < 4.78 is 5.95. The summed E-state index contributed by atoms with van der Waals surface area (Å²) in [5, 5.41) is 4.65. The molecule has 3 atom stereocenters. The van der Waals surface area contributed by atoms with E-state index in [2.05, 4.69) is 45.1 Å². The zero-order chi connectivity index (χ0) is 15.5. The van der Waals surface area contributed by atoms with Crippen LogP contribution in [0, 0.1) is 5.92 Å². The zero-order valence-corrected chi connectivity index (χ0v) is 14.4. The van der Waals surface area contributed by atoms with E-state index in [-0.39, 0.29) is 5.60 Å². The van der Waals surface area contributed by atoms with Crippen LogP contribution in [0.25, 0.3) is 0 Å². The largest absolute Gasteiger partial charge is 0.375 e. The smallest absolute Gasteiger partial charge is 0.0666 e. The first kappa shape index (κ1) is 16.8. The summed E-state index contributed by atoms with van der Waals surface area (Å²) in [6, 6.07) is 9.12. The molecule has 0 amide bonds. The van der Waals surface area contributed by atoms with Gasteiger partial charge in [0.05, 0.1) is 5.60 Å². The molecule has 21 heavy (non-hydrogen) atoms. The van der Waals surface area contributed by atoms with Crippen LogP contribution in [0.2, 0.25) is 5.02 Å². The Labute approximate surface area is 134 Å². The van der Waals surface area contributed by atoms with Crippen LogP contribution in [0.1, 0.15) is 58.6 Å². The Bertz CT molecular complexity index is 445. The Morgan fingerprint density at radius 1 is 1.33 bits per heavy atom. The molecule has 0 saturated carbocycles. The number of nitrogens with one attached hydrogen (secondary N) is 1. The minimum absolute atomic E-state index is 0.0252. The van der Waals surface area contributed by atoms with E-state index < -0.39 is 0 Å². The lowest BCUT2D eigenvalue weighted by Crippen LogP contribution is -2.46. The topological polar surface area (TPSA) is 21.3 Å². The monoisotopic (exact) mass is 309 g/mol.